The van der Waals surface area contributed by atoms with E-state index in [0.717, 1.165) is 16.8 Å². The van der Waals surface area contributed by atoms with Crippen LogP contribution < -0.4 is 5.32 Å². The molecule has 0 atom stereocenters. The van der Waals surface area contributed by atoms with Gasteiger partial charge in [-0.25, -0.2) is 13.1 Å². The average Bonchev–Trinajstić information content (AvgIpc) is 3.10. The molecule has 28 heavy (non-hydrogen) atoms. The zero-order chi connectivity index (χ0) is 19.9. The normalized spacial score (nSPS) is 14.6. The Bertz CT molecular complexity index is 1170. The highest BCUT2D eigenvalue weighted by molar-refractivity contribution is 7.90. The number of benzene rings is 2. The van der Waals surface area contributed by atoms with Gasteiger partial charge in [-0.2, -0.15) is 5.10 Å². The summed E-state index contributed by atoms with van der Waals surface area (Å²) in [5.74, 6) is -0.0556. The average molecular weight is 416 g/mol. The number of anilines is 1. The van der Waals surface area contributed by atoms with Crippen molar-refractivity contribution in [1.82, 2.24) is 9.78 Å². The lowest BCUT2D eigenvalue weighted by Crippen LogP contribution is -2.19. The Morgan fingerprint density at radius 2 is 1.86 bits per heavy atom. The Kier molecular flexibility index (Phi) is 4.72. The second kappa shape index (κ2) is 7.07. The maximum atomic E-state index is 12.7. The Hall–Kier alpha value is -2.64. The fourth-order valence-electron chi connectivity index (χ4n) is 3.31. The second-order valence-electron chi connectivity index (χ2n) is 6.86. The van der Waals surface area contributed by atoms with E-state index in [4.69, 9.17) is 11.6 Å². The van der Waals surface area contributed by atoms with Crippen molar-refractivity contribution in [3.05, 3.63) is 75.9 Å². The van der Waals surface area contributed by atoms with E-state index < -0.39 is 9.84 Å². The zero-order valence-corrected chi connectivity index (χ0v) is 16.7. The van der Waals surface area contributed by atoms with Gasteiger partial charge in [0.05, 0.1) is 29.3 Å². The molecular weight excluding hydrogens is 398 g/mol. The number of hydrogen-bond acceptors (Lipinski definition) is 4. The summed E-state index contributed by atoms with van der Waals surface area (Å²) in [6.07, 6.45) is 0.150. The number of halogens is 1. The summed E-state index contributed by atoms with van der Waals surface area (Å²) >= 11 is 5.89. The van der Waals surface area contributed by atoms with E-state index in [0.29, 0.717) is 22.1 Å². The topological polar surface area (TPSA) is 81.1 Å². The number of hydrogen-bond donors (Lipinski definition) is 1. The number of nitrogens with zero attached hydrogens (tertiary/aromatic N) is 2. The molecule has 0 unspecified atom stereocenters. The number of amides is 1. The lowest BCUT2D eigenvalue weighted by atomic mass is 10.1. The smallest absolute Gasteiger partial charge is 0.229 e. The SMILES string of the molecule is Cc1ccccc1-n1nc2c(c1NC(=O)Cc1ccc(Cl)cc1)CS(=O)(=O)C2. The van der Waals surface area contributed by atoms with E-state index in [1.807, 2.05) is 31.2 Å². The van der Waals surface area contributed by atoms with Crippen LogP contribution in [-0.4, -0.2) is 24.1 Å². The van der Waals surface area contributed by atoms with E-state index in [-0.39, 0.29) is 23.8 Å². The third-order valence-corrected chi connectivity index (χ3v) is 6.36. The molecule has 1 amide bonds. The fraction of sp³-hybridized carbons (Fsp3) is 0.200. The number of para-hydroxylation sites is 1. The Balaban J connectivity index is 1.70. The van der Waals surface area contributed by atoms with Crippen LogP contribution in [0.25, 0.3) is 5.69 Å². The molecule has 0 saturated heterocycles. The van der Waals surface area contributed by atoms with Gasteiger partial charge in [-0.3, -0.25) is 4.79 Å². The minimum atomic E-state index is -3.23. The van der Waals surface area contributed by atoms with E-state index in [9.17, 15) is 13.2 Å². The predicted octanol–water partition coefficient (Wildman–Crippen LogP) is 3.44. The van der Waals surface area contributed by atoms with E-state index in [1.54, 1.807) is 28.9 Å². The van der Waals surface area contributed by atoms with Gasteiger partial charge in [0.2, 0.25) is 5.91 Å². The van der Waals surface area contributed by atoms with Crippen molar-refractivity contribution in [2.75, 3.05) is 5.32 Å². The highest BCUT2D eigenvalue weighted by Gasteiger charge is 2.33. The molecule has 6 nitrogen and oxygen atoms in total. The van der Waals surface area contributed by atoms with Gasteiger partial charge in [0.25, 0.3) is 0 Å². The second-order valence-corrected chi connectivity index (χ2v) is 9.36. The molecular formula is C20H18ClN3O3S. The number of fused-ring (bicyclic) bond motifs is 1. The van der Waals surface area contributed by atoms with E-state index in [1.165, 1.54) is 0 Å². The van der Waals surface area contributed by atoms with Crippen molar-refractivity contribution >= 4 is 33.2 Å². The van der Waals surface area contributed by atoms with Crippen molar-refractivity contribution < 1.29 is 13.2 Å². The van der Waals surface area contributed by atoms with Crippen molar-refractivity contribution in [2.45, 2.75) is 24.9 Å². The Morgan fingerprint density at radius 1 is 1.14 bits per heavy atom. The highest BCUT2D eigenvalue weighted by atomic mass is 35.5. The maximum Gasteiger partial charge on any atom is 0.229 e. The Morgan fingerprint density at radius 3 is 2.57 bits per heavy atom. The number of aryl methyl sites for hydroxylation is 1. The third kappa shape index (κ3) is 3.68. The molecule has 1 aromatic heterocycles. The summed E-state index contributed by atoms with van der Waals surface area (Å²) in [6.45, 7) is 1.94. The molecule has 0 bridgehead atoms. The third-order valence-electron chi connectivity index (χ3n) is 4.67. The molecule has 0 aliphatic carbocycles. The van der Waals surface area contributed by atoms with Gasteiger partial charge in [-0.1, -0.05) is 41.9 Å². The molecule has 0 radical (unpaired) electrons. The first kappa shape index (κ1) is 18.7. The quantitative estimate of drug-likeness (QED) is 0.707. The molecule has 8 heteroatoms. The summed E-state index contributed by atoms with van der Waals surface area (Å²) in [5.41, 5.74) is 3.64. The molecule has 2 aromatic carbocycles. The first-order chi connectivity index (χ1) is 13.3. The summed E-state index contributed by atoms with van der Waals surface area (Å²) in [7, 11) is -3.23. The standard InChI is InChI=1S/C20H18ClN3O3S/c1-13-4-2-3-5-18(13)24-20(16-11-28(26,27)12-17(16)23-24)22-19(25)10-14-6-8-15(21)9-7-14/h2-9H,10-12H2,1H3,(H,22,25). The van der Waals surface area contributed by atoms with Gasteiger partial charge in [-0.05, 0) is 36.2 Å². The number of rotatable bonds is 4. The van der Waals surface area contributed by atoms with Crippen LogP contribution in [0.2, 0.25) is 5.02 Å². The van der Waals surface area contributed by atoms with Crippen LogP contribution in [-0.2, 0) is 32.6 Å². The van der Waals surface area contributed by atoms with Gasteiger partial charge < -0.3 is 5.32 Å². The Labute approximate surface area is 168 Å². The lowest BCUT2D eigenvalue weighted by molar-refractivity contribution is -0.115. The van der Waals surface area contributed by atoms with Gasteiger partial charge in [0.15, 0.2) is 9.84 Å². The molecule has 0 fully saturated rings. The van der Waals surface area contributed by atoms with Crippen molar-refractivity contribution in [2.24, 2.45) is 0 Å². The molecule has 3 aromatic rings. The van der Waals surface area contributed by atoms with Gasteiger partial charge in [-0.15, -0.1) is 0 Å². The summed E-state index contributed by atoms with van der Waals surface area (Å²) in [4.78, 5) is 12.7. The molecule has 144 valence electrons. The van der Waals surface area contributed by atoms with Crippen LogP contribution >= 0.6 is 11.6 Å². The molecule has 4 rings (SSSR count). The van der Waals surface area contributed by atoms with Crippen LogP contribution in [0.1, 0.15) is 22.4 Å². The van der Waals surface area contributed by atoms with Crippen molar-refractivity contribution in [3.8, 4) is 5.69 Å². The first-order valence-electron chi connectivity index (χ1n) is 8.74. The molecule has 0 spiro atoms. The van der Waals surface area contributed by atoms with Crippen LogP contribution in [0.5, 0.6) is 0 Å². The van der Waals surface area contributed by atoms with Crippen molar-refractivity contribution in [3.63, 3.8) is 0 Å². The summed E-state index contributed by atoms with van der Waals surface area (Å²) in [5, 5.41) is 7.98. The molecule has 1 N–H and O–H groups in total. The molecule has 1 aliphatic heterocycles. The molecule has 1 aliphatic rings. The van der Waals surface area contributed by atoms with E-state index >= 15 is 0 Å². The zero-order valence-electron chi connectivity index (χ0n) is 15.1. The molecule has 2 heterocycles. The largest absolute Gasteiger partial charge is 0.310 e. The maximum absolute atomic E-state index is 12.7. The number of carbonyl (C=O) groups is 1. The minimum absolute atomic E-state index is 0.110. The number of sulfone groups is 1. The van der Waals surface area contributed by atoms with Crippen LogP contribution in [0.15, 0.2) is 48.5 Å². The first-order valence-corrected chi connectivity index (χ1v) is 10.9. The summed E-state index contributed by atoms with van der Waals surface area (Å²) in [6, 6.07) is 14.7. The minimum Gasteiger partial charge on any atom is -0.310 e. The highest BCUT2D eigenvalue weighted by Crippen LogP contribution is 2.33. The number of aromatic nitrogens is 2. The van der Waals surface area contributed by atoms with E-state index in [2.05, 4.69) is 10.4 Å². The summed E-state index contributed by atoms with van der Waals surface area (Å²) < 4.78 is 25.7. The van der Waals surface area contributed by atoms with Crippen LogP contribution in [0.4, 0.5) is 5.82 Å². The fourth-order valence-corrected chi connectivity index (χ4v) is 4.93. The van der Waals surface area contributed by atoms with Crippen LogP contribution in [0, 0.1) is 6.92 Å². The predicted molar refractivity (Wildman–Crippen MR) is 108 cm³/mol. The monoisotopic (exact) mass is 415 g/mol. The van der Waals surface area contributed by atoms with Gasteiger partial charge in [0, 0.05) is 10.6 Å². The van der Waals surface area contributed by atoms with Gasteiger partial charge >= 0.3 is 0 Å². The van der Waals surface area contributed by atoms with Crippen LogP contribution in [0.3, 0.4) is 0 Å². The van der Waals surface area contributed by atoms with Crippen molar-refractivity contribution in [1.29, 1.82) is 0 Å². The number of carbonyl (C=O) groups excluding carboxylic acids is 1. The molecule has 0 saturated carbocycles. The van der Waals surface area contributed by atoms with Gasteiger partial charge in [0.1, 0.15) is 5.82 Å². The lowest BCUT2D eigenvalue weighted by Gasteiger charge is -2.13. The number of nitrogens with one attached hydrogen (secondary N) is 1.